The van der Waals surface area contributed by atoms with Gasteiger partial charge in [-0.1, -0.05) is 42.2 Å². The van der Waals surface area contributed by atoms with Crippen molar-refractivity contribution in [2.24, 2.45) is 5.92 Å². The van der Waals surface area contributed by atoms with E-state index in [1.165, 1.54) is 6.08 Å². The van der Waals surface area contributed by atoms with Crippen molar-refractivity contribution < 1.29 is 28.9 Å². The fourth-order valence-electron chi connectivity index (χ4n) is 3.35. The SMILES string of the molecule is C=C(C)COc1ccccc1C1C(C(=O)OCC)=C([O-])C=C(C)C1C(=O)OCC. The summed E-state index contributed by atoms with van der Waals surface area (Å²) in [6, 6.07) is 7.04. The highest BCUT2D eigenvalue weighted by molar-refractivity contribution is 5.94. The number of esters is 2. The molecule has 1 aromatic rings. The topological polar surface area (TPSA) is 84.9 Å². The first-order valence-corrected chi connectivity index (χ1v) is 9.60. The van der Waals surface area contributed by atoms with E-state index in [1.807, 2.05) is 6.92 Å². The molecule has 2 rings (SSSR count). The standard InChI is InChI=1S/C23H28O6/c1-6-27-22(25)19-15(5)12-17(24)21(23(26)28-7-2)20(19)16-10-8-9-11-18(16)29-13-14(3)4/h8-12,19-20,24H,3,6-7,13H2,1-2,4-5H3/p-1. The van der Waals surface area contributed by atoms with E-state index in [-0.39, 0.29) is 25.4 Å². The fourth-order valence-corrected chi connectivity index (χ4v) is 3.35. The van der Waals surface area contributed by atoms with E-state index in [9.17, 15) is 14.7 Å². The molecule has 0 N–H and O–H groups in total. The summed E-state index contributed by atoms with van der Waals surface area (Å²) in [5.41, 5.74) is 1.80. The molecule has 1 aliphatic rings. The minimum absolute atomic E-state index is 0.0955. The second kappa shape index (κ2) is 9.96. The highest BCUT2D eigenvalue weighted by Crippen LogP contribution is 2.45. The monoisotopic (exact) mass is 399 g/mol. The highest BCUT2D eigenvalue weighted by Gasteiger charge is 2.41. The van der Waals surface area contributed by atoms with E-state index in [2.05, 4.69) is 6.58 Å². The van der Waals surface area contributed by atoms with E-state index >= 15 is 0 Å². The Morgan fingerprint density at radius 3 is 2.41 bits per heavy atom. The Kier molecular flexibility index (Phi) is 7.65. The third-order valence-corrected chi connectivity index (χ3v) is 4.52. The quantitative estimate of drug-likeness (QED) is 0.493. The van der Waals surface area contributed by atoms with Crippen molar-refractivity contribution in [2.45, 2.75) is 33.6 Å². The number of carbonyl (C=O) groups excluding carboxylic acids is 2. The van der Waals surface area contributed by atoms with Gasteiger partial charge in [-0.2, -0.15) is 0 Å². The lowest BCUT2D eigenvalue weighted by molar-refractivity contribution is -0.297. The van der Waals surface area contributed by atoms with E-state index < -0.39 is 29.5 Å². The van der Waals surface area contributed by atoms with Crippen molar-refractivity contribution >= 4 is 11.9 Å². The molecular weight excluding hydrogens is 372 g/mol. The Morgan fingerprint density at radius 1 is 1.14 bits per heavy atom. The number of para-hydroxylation sites is 1. The Balaban J connectivity index is 2.65. The van der Waals surface area contributed by atoms with E-state index in [0.29, 0.717) is 16.9 Å². The Morgan fingerprint density at radius 2 is 1.79 bits per heavy atom. The van der Waals surface area contributed by atoms with Crippen LogP contribution in [0, 0.1) is 5.92 Å². The number of hydrogen-bond donors (Lipinski definition) is 0. The zero-order chi connectivity index (χ0) is 21.6. The van der Waals surface area contributed by atoms with Gasteiger partial charge < -0.3 is 19.3 Å². The van der Waals surface area contributed by atoms with Crippen LogP contribution >= 0.6 is 0 Å². The van der Waals surface area contributed by atoms with Crippen LogP contribution in [0.4, 0.5) is 0 Å². The van der Waals surface area contributed by atoms with Gasteiger partial charge in [0, 0.05) is 17.1 Å². The lowest BCUT2D eigenvalue weighted by atomic mass is 9.73. The van der Waals surface area contributed by atoms with Gasteiger partial charge in [0.25, 0.3) is 0 Å². The van der Waals surface area contributed by atoms with E-state index in [4.69, 9.17) is 14.2 Å². The fraction of sp³-hybridized carbons (Fsp3) is 0.391. The lowest BCUT2D eigenvalue weighted by Crippen LogP contribution is -2.35. The first-order chi connectivity index (χ1) is 13.8. The zero-order valence-electron chi connectivity index (χ0n) is 17.3. The van der Waals surface area contributed by atoms with Gasteiger partial charge in [0.15, 0.2) is 0 Å². The van der Waals surface area contributed by atoms with Crippen LogP contribution in [0.5, 0.6) is 5.75 Å². The minimum Gasteiger partial charge on any atom is -0.872 e. The maximum atomic E-state index is 12.8. The van der Waals surface area contributed by atoms with E-state index in [1.54, 1.807) is 45.0 Å². The molecule has 6 nitrogen and oxygen atoms in total. The number of rotatable bonds is 8. The van der Waals surface area contributed by atoms with Gasteiger partial charge in [-0.05, 0) is 39.3 Å². The smallest absolute Gasteiger partial charge is 0.334 e. The minimum atomic E-state index is -0.869. The van der Waals surface area contributed by atoms with E-state index in [0.717, 1.165) is 5.57 Å². The molecule has 2 atom stereocenters. The maximum Gasteiger partial charge on any atom is 0.334 e. The van der Waals surface area contributed by atoms with Gasteiger partial charge >= 0.3 is 11.9 Å². The molecule has 0 bridgehead atoms. The average Bonchev–Trinajstić information content (AvgIpc) is 2.66. The van der Waals surface area contributed by atoms with Gasteiger partial charge in [0.2, 0.25) is 0 Å². The molecule has 1 aliphatic carbocycles. The molecule has 0 heterocycles. The molecule has 0 aliphatic heterocycles. The normalized spacial score (nSPS) is 18.7. The van der Waals surface area contributed by atoms with Crippen molar-refractivity contribution in [3.05, 3.63) is 65.0 Å². The summed E-state index contributed by atoms with van der Waals surface area (Å²) in [6.07, 6.45) is 1.31. The van der Waals surface area contributed by atoms with Crippen molar-refractivity contribution in [1.82, 2.24) is 0 Å². The van der Waals surface area contributed by atoms with Crippen LogP contribution in [-0.4, -0.2) is 31.8 Å². The molecule has 2 unspecified atom stereocenters. The third-order valence-electron chi connectivity index (χ3n) is 4.52. The van der Waals surface area contributed by atoms with Crippen LogP contribution in [0.3, 0.4) is 0 Å². The zero-order valence-corrected chi connectivity index (χ0v) is 17.3. The van der Waals surface area contributed by atoms with Gasteiger partial charge in [-0.25, -0.2) is 4.79 Å². The first kappa shape index (κ1) is 22.3. The molecule has 156 valence electrons. The Labute approximate surface area is 171 Å². The lowest BCUT2D eigenvalue weighted by Gasteiger charge is -2.35. The second-order valence-electron chi connectivity index (χ2n) is 6.88. The number of hydrogen-bond acceptors (Lipinski definition) is 6. The Bertz CT molecular complexity index is 849. The van der Waals surface area contributed by atoms with Crippen LogP contribution in [0.2, 0.25) is 0 Å². The predicted octanol–water partition coefficient (Wildman–Crippen LogP) is 3.04. The summed E-state index contributed by atoms with van der Waals surface area (Å²) in [5.74, 6) is -2.95. The molecule has 0 amide bonds. The summed E-state index contributed by atoms with van der Waals surface area (Å²) in [7, 11) is 0. The van der Waals surface area contributed by atoms with Crippen molar-refractivity contribution in [3.8, 4) is 5.75 Å². The summed E-state index contributed by atoms with van der Waals surface area (Å²) < 4.78 is 16.2. The number of allylic oxidation sites excluding steroid dienone is 1. The summed E-state index contributed by atoms with van der Waals surface area (Å²) in [6.45, 7) is 11.3. The number of benzene rings is 1. The van der Waals surface area contributed by atoms with Gasteiger partial charge in [-0.15, -0.1) is 0 Å². The molecule has 0 fully saturated rings. The summed E-state index contributed by atoms with van der Waals surface area (Å²) in [5, 5.41) is 12.8. The number of ether oxygens (including phenoxy) is 3. The van der Waals surface area contributed by atoms with Crippen LogP contribution in [0.1, 0.15) is 39.2 Å². The molecule has 0 aromatic heterocycles. The van der Waals surface area contributed by atoms with Crippen molar-refractivity contribution in [3.63, 3.8) is 0 Å². The second-order valence-corrected chi connectivity index (χ2v) is 6.88. The largest absolute Gasteiger partial charge is 0.872 e. The van der Waals surface area contributed by atoms with Gasteiger partial charge in [-0.3, -0.25) is 4.79 Å². The maximum absolute atomic E-state index is 12.8. The molecule has 0 saturated carbocycles. The van der Waals surface area contributed by atoms with Crippen molar-refractivity contribution in [2.75, 3.05) is 19.8 Å². The molecule has 0 spiro atoms. The Hall–Kier alpha value is -3.02. The van der Waals surface area contributed by atoms with Crippen LogP contribution in [-0.2, 0) is 19.1 Å². The molecule has 6 heteroatoms. The molecule has 0 saturated heterocycles. The van der Waals surface area contributed by atoms with Crippen LogP contribution in [0.15, 0.2) is 59.4 Å². The summed E-state index contributed by atoms with van der Waals surface area (Å²) in [4.78, 5) is 25.5. The molecular formula is C23H27O6-. The predicted molar refractivity (Wildman–Crippen MR) is 107 cm³/mol. The van der Waals surface area contributed by atoms with Gasteiger partial charge in [0.05, 0.1) is 19.1 Å². The molecule has 29 heavy (non-hydrogen) atoms. The first-order valence-electron chi connectivity index (χ1n) is 9.60. The molecule has 1 aromatic carbocycles. The van der Waals surface area contributed by atoms with Crippen LogP contribution < -0.4 is 9.84 Å². The average molecular weight is 399 g/mol. The van der Waals surface area contributed by atoms with Crippen LogP contribution in [0.25, 0.3) is 0 Å². The molecule has 0 radical (unpaired) electrons. The van der Waals surface area contributed by atoms with Gasteiger partial charge in [0.1, 0.15) is 12.4 Å². The summed E-state index contributed by atoms with van der Waals surface area (Å²) >= 11 is 0. The highest BCUT2D eigenvalue weighted by atomic mass is 16.5. The number of carbonyl (C=O) groups is 2. The van der Waals surface area contributed by atoms with Crippen molar-refractivity contribution in [1.29, 1.82) is 0 Å². The third kappa shape index (κ3) is 5.08.